The molecule has 0 aromatic rings. The van der Waals surface area contributed by atoms with Gasteiger partial charge in [0.2, 0.25) is 5.91 Å². The number of amides is 1. The van der Waals surface area contributed by atoms with Gasteiger partial charge in [0, 0.05) is 33.2 Å². The molecule has 0 atom stereocenters. The van der Waals surface area contributed by atoms with Crippen LogP contribution in [0.3, 0.4) is 0 Å². The second-order valence-electron chi connectivity index (χ2n) is 5.34. The Morgan fingerprint density at radius 3 is 2.19 bits per heavy atom. The van der Waals surface area contributed by atoms with Gasteiger partial charge in [0.1, 0.15) is 0 Å². The van der Waals surface area contributed by atoms with Crippen molar-refractivity contribution >= 4 is 35.8 Å². The minimum atomic E-state index is 0. The molecule has 21 heavy (non-hydrogen) atoms. The summed E-state index contributed by atoms with van der Waals surface area (Å²) in [7, 11) is 1.91. The molecule has 0 aromatic carbocycles. The van der Waals surface area contributed by atoms with Gasteiger partial charge < -0.3 is 15.1 Å². The third-order valence-electron chi connectivity index (χ3n) is 3.15. The maximum atomic E-state index is 12.1. The van der Waals surface area contributed by atoms with E-state index in [1.807, 2.05) is 37.6 Å². The van der Waals surface area contributed by atoms with Crippen LogP contribution in [0, 0.1) is 5.92 Å². The van der Waals surface area contributed by atoms with Crippen LogP contribution in [0.25, 0.3) is 0 Å². The van der Waals surface area contributed by atoms with Crippen molar-refractivity contribution in [2.45, 2.75) is 41.0 Å². The first kappa shape index (κ1) is 22.7. The number of carbonyl (C=O) groups is 1. The molecule has 0 fully saturated rings. The van der Waals surface area contributed by atoms with Gasteiger partial charge in [-0.25, -0.2) is 0 Å². The van der Waals surface area contributed by atoms with Crippen LogP contribution in [-0.4, -0.2) is 61.4 Å². The Morgan fingerprint density at radius 2 is 1.76 bits per heavy atom. The lowest BCUT2D eigenvalue weighted by atomic mass is 10.1. The monoisotopic (exact) mass is 412 g/mol. The molecule has 0 saturated carbocycles. The number of guanidine groups is 1. The number of nitrogens with one attached hydrogen (secondary N) is 1. The van der Waals surface area contributed by atoms with E-state index in [9.17, 15) is 4.79 Å². The fourth-order valence-corrected chi connectivity index (χ4v) is 1.85. The summed E-state index contributed by atoms with van der Waals surface area (Å²) < 4.78 is 0. The molecule has 126 valence electrons. The highest BCUT2D eigenvalue weighted by molar-refractivity contribution is 14.0. The number of hydrogen-bond donors (Lipinski definition) is 1. The minimum Gasteiger partial charge on any atom is -0.357 e. The van der Waals surface area contributed by atoms with Crippen LogP contribution in [0.4, 0.5) is 0 Å². The molecule has 0 saturated heterocycles. The quantitative estimate of drug-likeness (QED) is 0.379. The van der Waals surface area contributed by atoms with Gasteiger partial charge in [-0.1, -0.05) is 13.8 Å². The molecule has 0 aliphatic heterocycles. The van der Waals surface area contributed by atoms with Crippen molar-refractivity contribution in [1.29, 1.82) is 0 Å². The van der Waals surface area contributed by atoms with Gasteiger partial charge in [0.15, 0.2) is 5.96 Å². The largest absolute Gasteiger partial charge is 0.357 e. The van der Waals surface area contributed by atoms with E-state index in [1.54, 1.807) is 0 Å². The summed E-state index contributed by atoms with van der Waals surface area (Å²) >= 11 is 0. The van der Waals surface area contributed by atoms with E-state index in [1.165, 1.54) is 0 Å². The number of hydrogen-bond acceptors (Lipinski definition) is 2. The number of halogens is 1. The minimum absolute atomic E-state index is 0. The van der Waals surface area contributed by atoms with Crippen LogP contribution in [-0.2, 0) is 4.79 Å². The van der Waals surface area contributed by atoms with E-state index in [0.717, 1.165) is 38.6 Å². The summed E-state index contributed by atoms with van der Waals surface area (Å²) in [6.45, 7) is 13.9. The van der Waals surface area contributed by atoms with E-state index < -0.39 is 0 Å². The van der Waals surface area contributed by atoms with Gasteiger partial charge in [-0.2, -0.15) is 0 Å². The van der Waals surface area contributed by atoms with Gasteiger partial charge in [-0.15, -0.1) is 24.0 Å². The maximum Gasteiger partial charge on any atom is 0.242 e. The Morgan fingerprint density at radius 1 is 1.19 bits per heavy atom. The van der Waals surface area contributed by atoms with Crippen molar-refractivity contribution in [3.63, 3.8) is 0 Å². The van der Waals surface area contributed by atoms with Gasteiger partial charge in [-0.3, -0.25) is 9.79 Å². The van der Waals surface area contributed by atoms with Crippen molar-refractivity contribution in [1.82, 2.24) is 15.1 Å². The molecule has 1 amide bonds. The average Bonchev–Trinajstić information content (AvgIpc) is 2.38. The molecule has 0 aromatic heterocycles. The zero-order valence-electron chi connectivity index (χ0n) is 14.5. The van der Waals surface area contributed by atoms with E-state index in [2.05, 4.69) is 24.2 Å². The lowest BCUT2D eigenvalue weighted by Crippen LogP contribution is -2.45. The highest BCUT2D eigenvalue weighted by Gasteiger charge is 2.14. The molecule has 0 radical (unpaired) electrons. The van der Waals surface area contributed by atoms with Gasteiger partial charge in [-0.05, 0) is 33.1 Å². The van der Waals surface area contributed by atoms with Crippen molar-refractivity contribution in [3.8, 4) is 0 Å². The molecule has 0 aliphatic rings. The molecular formula is C15H33IN4O. The van der Waals surface area contributed by atoms with E-state index in [0.29, 0.717) is 12.5 Å². The van der Waals surface area contributed by atoms with Gasteiger partial charge in [0.05, 0.1) is 6.54 Å². The fraction of sp³-hybridized carbons (Fsp3) is 0.867. The standard InChI is InChI=1S/C15H32N4O.HI/c1-7-16-15(17-11-10-13(4)5)18(6)12-14(20)19(8-2)9-3;/h13H,7-12H2,1-6H3,(H,16,17);1H. The fourth-order valence-electron chi connectivity index (χ4n) is 1.85. The van der Waals surface area contributed by atoms with Crippen molar-refractivity contribution < 1.29 is 4.79 Å². The van der Waals surface area contributed by atoms with Crippen LogP contribution in [0.2, 0.25) is 0 Å². The summed E-state index contributed by atoms with van der Waals surface area (Å²) in [6.07, 6.45) is 1.06. The number of rotatable bonds is 8. The second-order valence-corrected chi connectivity index (χ2v) is 5.34. The lowest BCUT2D eigenvalue weighted by Gasteiger charge is -2.25. The van der Waals surface area contributed by atoms with Gasteiger partial charge in [0.25, 0.3) is 0 Å². The first-order valence-corrected chi connectivity index (χ1v) is 7.73. The highest BCUT2D eigenvalue weighted by atomic mass is 127. The Hall–Kier alpha value is -0.530. The average molecular weight is 412 g/mol. The van der Waals surface area contributed by atoms with Crippen LogP contribution >= 0.6 is 24.0 Å². The van der Waals surface area contributed by atoms with Crippen LogP contribution in [0.5, 0.6) is 0 Å². The smallest absolute Gasteiger partial charge is 0.242 e. The molecule has 5 nitrogen and oxygen atoms in total. The molecule has 1 N–H and O–H groups in total. The lowest BCUT2D eigenvalue weighted by molar-refractivity contribution is -0.131. The van der Waals surface area contributed by atoms with E-state index in [-0.39, 0.29) is 29.9 Å². The topological polar surface area (TPSA) is 47.9 Å². The van der Waals surface area contributed by atoms with Crippen LogP contribution in [0.15, 0.2) is 4.99 Å². The van der Waals surface area contributed by atoms with E-state index in [4.69, 9.17) is 0 Å². The predicted octanol–water partition coefficient (Wildman–Crippen LogP) is 2.42. The molecule has 0 spiro atoms. The van der Waals surface area contributed by atoms with Gasteiger partial charge >= 0.3 is 0 Å². The van der Waals surface area contributed by atoms with Crippen molar-refractivity contribution in [2.75, 3.05) is 39.8 Å². The Bertz CT molecular complexity index is 304. The summed E-state index contributed by atoms with van der Waals surface area (Å²) in [5.74, 6) is 1.60. The Balaban J connectivity index is 0. The number of nitrogens with zero attached hydrogens (tertiary/aromatic N) is 3. The Kier molecular flexibility index (Phi) is 14.2. The molecule has 0 unspecified atom stereocenters. The van der Waals surface area contributed by atoms with Crippen molar-refractivity contribution in [2.24, 2.45) is 10.9 Å². The third-order valence-corrected chi connectivity index (χ3v) is 3.15. The summed E-state index contributed by atoms with van der Waals surface area (Å²) in [4.78, 5) is 20.4. The van der Waals surface area contributed by atoms with Crippen molar-refractivity contribution in [3.05, 3.63) is 0 Å². The molecule has 0 heterocycles. The Labute approximate surface area is 147 Å². The van der Waals surface area contributed by atoms with Crippen LogP contribution in [0.1, 0.15) is 41.0 Å². The highest BCUT2D eigenvalue weighted by Crippen LogP contribution is 2.00. The molecular weight excluding hydrogens is 379 g/mol. The molecule has 6 heteroatoms. The second kappa shape index (κ2) is 13.2. The first-order chi connectivity index (χ1) is 9.46. The summed E-state index contributed by atoms with van der Waals surface area (Å²) in [6, 6.07) is 0. The molecule has 0 bridgehead atoms. The van der Waals surface area contributed by atoms with E-state index >= 15 is 0 Å². The molecule has 0 rings (SSSR count). The first-order valence-electron chi connectivity index (χ1n) is 7.73. The zero-order valence-corrected chi connectivity index (χ0v) is 16.8. The number of carbonyl (C=O) groups excluding carboxylic acids is 1. The third kappa shape index (κ3) is 9.92. The normalized spacial score (nSPS) is 11.1. The summed E-state index contributed by atoms with van der Waals surface area (Å²) in [5.41, 5.74) is 0. The molecule has 0 aliphatic carbocycles. The summed E-state index contributed by atoms with van der Waals surface area (Å²) in [5, 5.41) is 3.24. The maximum absolute atomic E-state index is 12.1. The SMILES string of the molecule is CCNC(=NCCC(C)C)N(C)CC(=O)N(CC)CC.I. The van der Waals surface area contributed by atoms with Crippen LogP contribution < -0.4 is 5.32 Å². The number of aliphatic imine (C=N–C) groups is 1. The number of likely N-dealkylation sites (N-methyl/N-ethyl adjacent to an activating group) is 2. The predicted molar refractivity (Wildman–Crippen MR) is 101 cm³/mol. The zero-order chi connectivity index (χ0) is 15.5.